The van der Waals surface area contributed by atoms with Crippen molar-refractivity contribution in [2.75, 3.05) is 0 Å². The number of aromatic nitrogens is 1. The van der Waals surface area contributed by atoms with Crippen LogP contribution in [-0.4, -0.2) is 11.0 Å². The molecule has 1 aliphatic carbocycles. The Morgan fingerprint density at radius 2 is 2.11 bits per heavy atom. The van der Waals surface area contributed by atoms with Crippen LogP contribution < -0.4 is 5.32 Å². The van der Waals surface area contributed by atoms with E-state index in [0.717, 1.165) is 13.0 Å². The maximum absolute atomic E-state index is 4.91. The molecule has 1 aromatic heterocycles. The highest BCUT2D eigenvalue weighted by molar-refractivity contribution is 7.11. The number of rotatable bonds is 6. The first kappa shape index (κ1) is 14.0. The van der Waals surface area contributed by atoms with Gasteiger partial charge in [0.2, 0.25) is 0 Å². The van der Waals surface area contributed by atoms with Gasteiger partial charge in [-0.2, -0.15) is 0 Å². The van der Waals surface area contributed by atoms with Crippen LogP contribution in [0.15, 0.2) is 0 Å². The summed E-state index contributed by atoms with van der Waals surface area (Å²) in [4.78, 5) is 6.38. The zero-order valence-corrected chi connectivity index (χ0v) is 13.2. The van der Waals surface area contributed by atoms with E-state index in [1.165, 1.54) is 28.4 Å². The summed E-state index contributed by atoms with van der Waals surface area (Å²) in [6.07, 6.45) is 3.62. The SMILES string of the molecule is CCCc1nc(C2CC2(C)C)sc1CNC(C)C. The fourth-order valence-electron chi connectivity index (χ4n) is 2.31. The highest BCUT2D eigenvalue weighted by Crippen LogP contribution is 2.59. The Balaban J connectivity index is 2.11. The Hall–Kier alpha value is -0.410. The number of nitrogens with zero attached hydrogens (tertiary/aromatic N) is 1. The molecule has 3 heteroatoms. The molecule has 1 N–H and O–H groups in total. The lowest BCUT2D eigenvalue weighted by atomic mass is 10.1. The predicted molar refractivity (Wildman–Crippen MR) is 79.2 cm³/mol. The van der Waals surface area contributed by atoms with Crippen LogP contribution in [0.5, 0.6) is 0 Å². The first-order chi connectivity index (χ1) is 8.44. The molecule has 1 unspecified atom stereocenters. The highest BCUT2D eigenvalue weighted by atomic mass is 32.1. The fraction of sp³-hybridized carbons (Fsp3) is 0.800. The summed E-state index contributed by atoms with van der Waals surface area (Å²) < 4.78 is 0. The van der Waals surface area contributed by atoms with Gasteiger partial charge in [0, 0.05) is 23.4 Å². The van der Waals surface area contributed by atoms with Crippen LogP contribution in [0.1, 0.15) is 69.0 Å². The molecule has 102 valence electrons. The molecule has 1 saturated carbocycles. The molecule has 2 rings (SSSR count). The number of aryl methyl sites for hydroxylation is 1. The number of hydrogen-bond donors (Lipinski definition) is 1. The molecule has 0 radical (unpaired) electrons. The zero-order chi connectivity index (χ0) is 13.3. The van der Waals surface area contributed by atoms with Crippen LogP contribution in [0.25, 0.3) is 0 Å². The first-order valence-electron chi connectivity index (χ1n) is 7.16. The third kappa shape index (κ3) is 3.12. The largest absolute Gasteiger partial charge is 0.310 e. The maximum atomic E-state index is 4.91. The van der Waals surface area contributed by atoms with Crippen LogP contribution in [0, 0.1) is 5.41 Å². The van der Waals surface area contributed by atoms with E-state index < -0.39 is 0 Å². The molecule has 1 heterocycles. The van der Waals surface area contributed by atoms with Crippen LogP contribution in [-0.2, 0) is 13.0 Å². The second kappa shape index (κ2) is 5.30. The van der Waals surface area contributed by atoms with E-state index >= 15 is 0 Å². The van der Waals surface area contributed by atoms with Gasteiger partial charge in [-0.15, -0.1) is 11.3 Å². The molecule has 1 fully saturated rings. The Bertz CT molecular complexity index is 407. The lowest BCUT2D eigenvalue weighted by Gasteiger charge is -2.07. The van der Waals surface area contributed by atoms with Gasteiger partial charge in [0.15, 0.2) is 0 Å². The summed E-state index contributed by atoms with van der Waals surface area (Å²) in [6, 6.07) is 0.544. The average Bonchev–Trinajstić information content (AvgIpc) is 2.74. The third-order valence-corrected chi connectivity index (χ3v) is 4.98. The topological polar surface area (TPSA) is 24.9 Å². The Kier molecular flexibility index (Phi) is 4.12. The minimum absolute atomic E-state index is 0.490. The summed E-state index contributed by atoms with van der Waals surface area (Å²) in [5.74, 6) is 0.714. The van der Waals surface area contributed by atoms with Gasteiger partial charge in [-0.3, -0.25) is 0 Å². The molecule has 18 heavy (non-hydrogen) atoms. The first-order valence-corrected chi connectivity index (χ1v) is 7.97. The second-order valence-electron chi connectivity index (χ2n) is 6.45. The Morgan fingerprint density at radius 1 is 1.44 bits per heavy atom. The molecule has 1 aliphatic rings. The smallest absolute Gasteiger partial charge is 0.0968 e. The van der Waals surface area contributed by atoms with Gasteiger partial charge < -0.3 is 5.32 Å². The summed E-state index contributed by atoms with van der Waals surface area (Å²) >= 11 is 1.94. The van der Waals surface area contributed by atoms with Crippen molar-refractivity contribution in [1.82, 2.24) is 10.3 Å². The van der Waals surface area contributed by atoms with Gasteiger partial charge in [0.25, 0.3) is 0 Å². The predicted octanol–water partition coefficient (Wildman–Crippen LogP) is 4.11. The van der Waals surface area contributed by atoms with E-state index in [4.69, 9.17) is 4.98 Å². The van der Waals surface area contributed by atoms with Crippen LogP contribution in [0.4, 0.5) is 0 Å². The van der Waals surface area contributed by atoms with Crippen molar-refractivity contribution in [3.05, 3.63) is 15.6 Å². The van der Waals surface area contributed by atoms with Crippen molar-refractivity contribution < 1.29 is 0 Å². The van der Waals surface area contributed by atoms with Gasteiger partial charge in [0.1, 0.15) is 0 Å². The minimum Gasteiger partial charge on any atom is -0.310 e. The van der Waals surface area contributed by atoms with Crippen molar-refractivity contribution >= 4 is 11.3 Å². The number of nitrogens with one attached hydrogen (secondary N) is 1. The zero-order valence-electron chi connectivity index (χ0n) is 12.3. The fourth-order valence-corrected chi connectivity index (χ4v) is 3.68. The summed E-state index contributed by atoms with van der Waals surface area (Å²) in [6.45, 7) is 12.3. The number of thiazole rings is 1. The van der Waals surface area contributed by atoms with Crippen molar-refractivity contribution in [3.63, 3.8) is 0 Å². The number of hydrogen-bond acceptors (Lipinski definition) is 3. The van der Waals surface area contributed by atoms with Gasteiger partial charge in [-0.05, 0) is 18.3 Å². The van der Waals surface area contributed by atoms with Crippen LogP contribution in [0.3, 0.4) is 0 Å². The van der Waals surface area contributed by atoms with Crippen LogP contribution >= 0.6 is 11.3 Å². The maximum Gasteiger partial charge on any atom is 0.0968 e. The van der Waals surface area contributed by atoms with Crippen molar-refractivity contribution in [1.29, 1.82) is 0 Å². The quantitative estimate of drug-likeness (QED) is 0.838. The van der Waals surface area contributed by atoms with Crippen molar-refractivity contribution in [2.45, 2.75) is 72.4 Å². The van der Waals surface area contributed by atoms with Gasteiger partial charge >= 0.3 is 0 Å². The van der Waals surface area contributed by atoms with E-state index in [0.29, 0.717) is 17.4 Å². The lowest BCUT2D eigenvalue weighted by Crippen LogP contribution is -2.21. The van der Waals surface area contributed by atoms with E-state index in [-0.39, 0.29) is 0 Å². The van der Waals surface area contributed by atoms with Gasteiger partial charge in [-0.1, -0.05) is 41.0 Å². The normalized spacial score (nSPS) is 21.6. The van der Waals surface area contributed by atoms with Crippen molar-refractivity contribution in [3.8, 4) is 0 Å². The molecule has 0 aromatic carbocycles. The van der Waals surface area contributed by atoms with Crippen molar-refractivity contribution in [2.24, 2.45) is 5.41 Å². The van der Waals surface area contributed by atoms with E-state index in [9.17, 15) is 0 Å². The third-order valence-electron chi connectivity index (χ3n) is 3.76. The molecule has 1 aromatic rings. The molecule has 0 saturated heterocycles. The minimum atomic E-state index is 0.490. The van der Waals surface area contributed by atoms with Gasteiger partial charge in [-0.25, -0.2) is 4.98 Å². The molecule has 2 nitrogen and oxygen atoms in total. The summed E-state index contributed by atoms with van der Waals surface area (Å²) in [5.41, 5.74) is 1.83. The lowest BCUT2D eigenvalue weighted by molar-refractivity contribution is 0.589. The Morgan fingerprint density at radius 3 is 2.61 bits per heavy atom. The monoisotopic (exact) mass is 266 g/mol. The molecule has 0 amide bonds. The van der Waals surface area contributed by atoms with E-state index in [2.05, 4.69) is 39.9 Å². The molecule has 0 spiro atoms. The molecular formula is C15H26N2S. The molecular weight excluding hydrogens is 240 g/mol. The highest BCUT2D eigenvalue weighted by Gasteiger charge is 2.48. The van der Waals surface area contributed by atoms with E-state index in [1.54, 1.807) is 0 Å². The van der Waals surface area contributed by atoms with Crippen LogP contribution in [0.2, 0.25) is 0 Å². The summed E-state index contributed by atoms with van der Waals surface area (Å²) in [5, 5.41) is 4.90. The summed E-state index contributed by atoms with van der Waals surface area (Å²) in [7, 11) is 0. The van der Waals surface area contributed by atoms with E-state index in [1.807, 2.05) is 11.3 Å². The van der Waals surface area contributed by atoms with Gasteiger partial charge in [0.05, 0.1) is 10.7 Å². The molecule has 0 aliphatic heterocycles. The standard InChI is InChI=1S/C15H26N2S/c1-6-7-12-13(9-16-10(2)3)18-14(17-12)11-8-15(11,4)5/h10-11,16H,6-9H2,1-5H3. The molecule has 0 bridgehead atoms. The average molecular weight is 266 g/mol. The Labute approximate surface area is 115 Å². The second-order valence-corrected chi connectivity index (χ2v) is 7.57. The molecule has 1 atom stereocenters.